The SMILES string of the molecule is In1c2c3ccccc3ccc2c2ccc3ccccc3c21. The molecule has 0 aliphatic heterocycles. The van der Waals surface area contributed by atoms with E-state index in [0.29, 0.717) is 0 Å². The second kappa shape index (κ2) is 4.46. The first kappa shape index (κ1) is 12.5. The van der Waals surface area contributed by atoms with E-state index < -0.39 is 0 Å². The van der Waals surface area contributed by atoms with Gasteiger partial charge in [-0.3, -0.25) is 2.78 Å². The van der Waals surface area contributed by atoms with Crippen molar-refractivity contribution in [3.05, 3.63) is 72.8 Å². The zero-order valence-corrected chi connectivity index (χ0v) is 13.9. The fraction of sp³-hybridized carbons (Fsp3) is 0. The summed E-state index contributed by atoms with van der Waals surface area (Å²) in [5.74, 6) is 0. The second-order valence-corrected chi connectivity index (χ2v) is 6.61. The topological polar surface area (TPSA) is 4.93 Å². The summed E-state index contributed by atoms with van der Waals surface area (Å²) in [6.07, 6.45) is 0. The van der Waals surface area contributed by atoms with Gasteiger partial charge in [-0.25, -0.2) is 0 Å². The van der Waals surface area contributed by atoms with Gasteiger partial charge in [-0.05, 0) is 10.8 Å². The average Bonchev–Trinajstić information content (AvgIpc) is 2.88. The Balaban J connectivity index is 2.15. The van der Waals surface area contributed by atoms with Crippen LogP contribution in [0.1, 0.15) is 0 Å². The molecule has 0 saturated heterocycles. The van der Waals surface area contributed by atoms with Gasteiger partial charge in [0.05, 0.1) is 33.9 Å². The van der Waals surface area contributed by atoms with E-state index in [1.54, 1.807) is 0 Å². The number of fused-ring (bicyclic) bond motifs is 7. The lowest BCUT2D eigenvalue weighted by Crippen LogP contribution is -1.82. The maximum absolute atomic E-state index is 2.44. The fourth-order valence-corrected chi connectivity index (χ4v) is 4.52. The standard InChI is InChI=1S/C20H12IN/c21-22-19-15-7-3-1-5-13(15)9-11-17(19)18-12-10-14-6-2-4-8-16(14)20(18)22/h1-12H. The van der Waals surface area contributed by atoms with E-state index in [1.807, 2.05) is 0 Å². The van der Waals surface area contributed by atoms with Crippen molar-refractivity contribution < 1.29 is 0 Å². The van der Waals surface area contributed by atoms with Gasteiger partial charge in [0.1, 0.15) is 0 Å². The van der Waals surface area contributed by atoms with E-state index in [4.69, 9.17) is 0 Å². The normalized spacial score (nSPS) is 11.9. The highest BCUT2D eigenvalue weighted by Crippen LogP contribution is 2.38. The van der Waals surface area contributed by atoms with Crippen LogP contribution in [0, 0.1) is 0 Å². The highest BCUT2D eigenvalue weighted by atomic mass is 127. The summed E-state index contributed by atoms with van der Waals surface area (Å²) in [5.41, 5.74) is 2.62. The van der Waals surface area contributed by atoms with Crippen molar-refractivity contribution in [1.29, 1.82) is 0 Å². The smallest absolute Gasteiger partial charge is 0.0668 e. The minimum absolute atomic E-state index is 1.29. The van der Waals surface area contributed by atoms with E-state index in [0.717, 1.165) is 0 Å². The molecular weight excluding hydrogens is 381 g/mol. The molecule has 5 aromatic rings. The van der Waals surface area contributed by atoms with E-state index in [2.05, 4.69) is 98.4 Å². The maximum atomic E-state index is 2.44. The molecule has 0 saturated carbocycles. The maximum Gasteiger partial charge on any atom is 0.0668 e. The molecule has 2 heteroatoms. The summed E-state index contributed by atoms with van der Waals surface area (Å²) >= 11 is 2.44. The van der Waals surface area contributed by atoms with Crippen LogP contribution >= 0.6 is 22.9 Å². The largest absolute Gasteiger partial charge is 0.280 e. The Hall–Kier alpha value is -2.07. The first-order chi connectivity index (χ1) is 10.8. The lowest BCUT2D eigenvalue weighted by atomic mass is 10.0. The molecule has 0 N–H and O–H groups in total. The molecule has 1 nitrogen and oxygen atoms in total. The Morgan fingerprint density at radius 3 is 1.45 bits per heavy atom. The molecule has 22 heavy (non-hydrogen) atoms. The summed E-state index contributed by atoms with van der Waals surface area (Å²) in [6.45, 7) is 0. The molecule has 0 aliphatic rings. The van der Waals surface area contributed by atoms with Crippen LogP contribution < -0.4 is 0 Å². The van der Waals surface area contributed by atoms with E-state index in [1.165, 1.54) is 43.4 Å². The summed E-state index contributed by atoms with van der Waals surface area (Å²) in [4.78, 5) is 0. The van der Waals surface area contributed by atoms with Crippen LogP contribution in [0.5, 0.6) is 0 Å². The quantitative estimate of drug-likeness (QED) is 0.272. The zero-order chi connectivity index (χ0) is 14.7. The molecule has 0 unspecified atom stereocenters. The summed E-state index contributed by atoms with van der Waals surface area (Å²) < 4.78 is 2.33. The molecule has 5 rings (SSSR count). The lowest BCUT2D eigenvalue weighted by molar-refractivity contribution is 1.53. The molecule has 0 bridgehead atoms. The predicted molar refractivity (Wildman–Crippen MR) is 104 cm³/mol. The minimum atomic E-state index is 1.29. The van der Waals surface area contributed by atoms with Crippen molar-refractivity contribution in [2.45, 2.75) is 0 Å². The van der Waals surface area contributed by atoms with Crippen molar-refractivity contribution in [1.82, 2.24) is 2.78 Å². The molecule has 0 fully saturated rings. The van der Waals surface area contributed by atoms with Gasteiger partial charge < -0.3 is 0 Å². The van der Waals surface area contributed by atoms with Gasteiger partial charge in [-0.2, -0.15) is 0 Å². The number of hydrogen-bond acceptors (Lipinski definition) is 0. The van der Waals surface area contributed by atoms with Crippen LogP contribution in [0.15, 0.2) is 72.8 Å². The first-order valence-corrected chi connectivity index (χ1v) is 8.31. The van der Waals surface area contributed by atoms with Gasteiger partial charge in [-0.15, -0.1) is 0 Å². The molecule has 0 amide bonds. The van der Waals surface area contributed by atoms with Crippen molar-refractivity contribution in [2.24, 2.45) is 0 Å². The second-order valence-electron chi connectivity index (χ2n) is 5.65. The monoisotopic (exact) mass is 393 g/mol. The first-order valence-electron chi connectivity index (χ1n) is 7.34. The Morgan fingerprint density at radius 1 is 0.500 bits per heavy atom. The molecular formula is C20H12IN. The third-order valence-electron chi connectivity index (χ3n) is 4.48. The van der Waals surface area contributed by atoms with E-state index in [-0.39, 0.29) is 0 Å². The Morgan fingerprint density at radius 2 is 0.955 bits per heavy atom. The summed E-state index contributed by atoms with van der Waals surface area (Å²) in [5, 5.41) is 7.87. The van der Waals surface area contributed by atoms with Crippen molar-refractivity contribution >= 4 is 66.2 Å². The van der Waals surface area contributed by atoms with Crippen LogP contribution in [0.3, 0.4) is 0 Å². The summed E-state index contributed by atoms with van der Waals surface area (Å²) in [6, 6.07) is 26.2. The number of nitrogens with zero attached hydrogens (tertiary/aromatic N) is 1. The number of rotatable bonds is 0. The Kier molecular flexibility index (Phi) is 2.53. The van der Waals surface area contributed by atoms with Crippen molar-refractivity contribution in [2.75, 3.05) is 0 Å². The number of hydrogen-bond donors (Lipinski definition) is 0. The highest BCUT2D eigenvalue weighted by molar-refractivity contribution is 14.1. The fourth-order valence-electron chi connectivity index (χ4n) is 3.48. The van der Waals surface area contributed by atoms with Crippen LogP contribution in [0.25, 0.3) is 43.4 Å². The van der Waals surface area contributed by atoms with Gasteiger partial charge in [0, 0.05) is 21.5 Å². The number of aromatic nitrogens is 1. The molecule has 1 aromatic heterocycles. The van der Waals surface area contributed by atoms with Crippen LogP contribution in [0.2, 0.25) is 0 Å². The lowest BCUT2D eigenvalue weighted by Gasteiger charge is -2.03. The predicted octanol–water partition coefficient (Wildman–Crippen LogP) is 6.30. The Labute approximate surface area is 141 Å². The van der Waals surface area contributed by atoms with Gasteiger partial charge in [-0.1, -0.05) is 72.8 Å². The highest BCUT2D eigenvalue weighted by Gasteiger charge is 2.13. The third kappa shape index (κ3) is 1.53. The molecule has 4 aromatic carbocycles. The van der Waals surface area contributed by atoms with Crippen molar-refractivity contribution in [3.63, 3.8) is 0 Å². The molecule has 0 spiro atoms. The average molecular weight is 393 g/mol. The third-order valence-corrected chi connectivity index (χ3v) is 5.45. The number of halogens is 1. The van der Waals surface area contributed by atoms with Crippen LogP contribution in [-0.4, -0.2) is 2.78 Å². The molecule has 1 heterocycles. The van der Waals surface area contributed by atoms with Gasteiger partial charge in [0.25, 0.3) is 0 Å². The number of benzene rings is 4. The minimum Gasteiger partial charge on any atom is -0.280 e. The Bertz CT molecular complexity index is 1090. The van der Waals surface area contributed by atoms with E-state index in [9.17, 15) is 0 Å². The van der Waals surface area contributed by atoms with Crippen molar-refractivity contribution in [3.8, 4) is 0 Å². The van der Waals surface area contributed by atoms with E-state index >= 15 is 0 Å². The van der Waals surface area contributed by atoms with Gasteiger partial charge in [0.15, 0.2) is 0 Å². The summed E-state index contributed by atoms with van der Waals surface area (Å²) in [7, 11) is 0. The molecule has 0 atom stereocenters. The van der Waals surface area contributed by atoms with Crippen LogP contribution in [-0.2, 0) is 0 Å². The van der Waals surface area contributed by atoms with Crippen LogP contribution in [0.4, 0.5) is 0 Å². The van der Waals surface area contributed by atoms with Gasteiger partial charge in [0.2, 0.25) is 0 Å². The molecule has 0 radical (unpaired) electrons. The molecule has 104 valence electrons. The molecule has 0 aliphatic carbocycles. The zero-order valence-electron chi connectivity index (χ0n) is 11.8. The van der Waals surface area contributed by atoms with Gasteiger partial charge >= 0.3 is 0 Å².